The van der Waals surface area contributed by atoms with Crippen LogP contribution in [-0.4, -0.2) is 57.4 Å². The molecule has 1 aromatic rings. The van der Waals surface area contributed by atoms with Crippen LogP contribution in [0.4, 0.5) is 4.79 Å². The summed E-state index contributed by atoms with van der Waals surface area (Å²) in [5, 5.41) is 35.6. The Morgan fingerprint density at radius 2 is 1.65 bits per heavy atom. The highest BCUT2D eigenvalue weighted by Gasteiger charge is 2.35. The van der Waals surface area contributed by atoms with Gasteiger partial charge in [-0.2, -0.15) is 0 Å². The summed E-state index contributed by atoms with van der Waals surface area (Å²) in [4.78, 5) is 25.1. The summed E-state index contributed by atoms with van der Waals surface area (Å²) in [6.07, 6.45) is 0.691. The maximum atomic E-state index is 12.8. The Bertz CT molecular complexity index is 698. The summed E-state index contributed by atoms with van der Waals surface area (Å²) in [5.74, 6) is -0.836. The van der Waals surface area contributed by atoms with Gasteiger partial charge in [-0.05, 0) is 51.5 Å². The van der Waals surface area contributed by atoms with Gasteiger partial charge in [0.05, 0.1) is 12.1 Å². The first-order valence-corrected chi connectivity index (χ1v) is 10.9. The lowest BCUT2D eigenvalue weighted by Crippen LogP contribution is -2.57. The highest BCUT2D eigenvalue weighted by atomic mass is 16.6. The zero-order chi connectivity index (χ0) is 23.0. The zero-order valence-electron chi connectivity index (χ0n) is 18.6. The monoisotopic (exact) mass is 436 g/mol. The Balaban J connectivity index is 2.12. The minimum atomic E-state index is -1.73. The van der Waals surface area contributed by atoms with Gasteiger partial charge < -0.3 is 30.7 Å². The Morgan fingerprint density at radius 3 is 2.19 bits per heavy atom. The van der Waals surface area contributed by atoms with Gasteiger partial charge in [0.15, 0.2) is 12.4 Å². The summed E-state index contributed by atoms with van der Waals surface area (Å²) >= 11 is 0. The van der Waals surface area contributed by atoms with Gasteiger partial charge in [-0.25, -0.2) is 4.79 Å². The molecule has 174 valence electrons. The number of benzene rings is 1. The van der Waals surface area contributed by atoms with Gasteiger partial charge in [-0.1, -0.05) is 49.6 Å². The van der Waals surface area contributed by atoms with Gasteiger partial charge in [0.1, 0.15) is 5.60 Å². The van der Waals surface area contributed by atoms with E-state index in [0.29, 0.717) is 0 Å². The average Bonchev–Trinajstić information content (AvgIpc) is 2.70. The summed E-state index contributed by atoms with van der Waals surface area (Å²) < 4.78 is 5.28. The van der Waals surface area contributed by atoms with Crippen molar-refractivity contribution in [3.8, 4) is 0 Å². The molecule has 5 N–H and O–H groups in total. The van der Waals surface area contributed by atoms with Crippen molar-refractivity contribution in [2.24, 2.45) is 5.92 Å². The Hall–Kier alpha value is -2.16. The van der Waals surface area contributed by atoms with E-state index in [9.17, 15) is 24.9 Å². The van der Waals surface area contributed by atoms with Crippen molar-refractivity contribution in [1.82, 2.24) is 10.6 Å². The van der Waals surface area contributed by atoms with Crippen molar-refractivity contribution in [3.63, 3.8) is 0 Å². The highest BCUT2D eigenvalue weighted by molar-refractivity contribution is 5.82. The fourth-order valence-electron chi connectivity index (χ4n) is 3.93. The Morgan fingerprint density at radius 1 is 1.03 bits per heavy atom. The fraction of sp³-hybridized carbons (Fsp3) is 0.652. The summed E-state index contributed by atoms with van der Waals surface area (Å²) in [6.45, 7) is 5.16. The lowest BCUT2D eigenvalue weighted by atomic mass is 9.83. The molecule has 0 saturated heterocycles. The van der Waals surface area contributed by atoms with Crippen molar-refractivity contribution in [1.29, 1.82) is 0 Å². The molecule has 1 saturated carbocycles. The summed E-state index contributed by atoms with van der Waals surface area (Å²) in [5.41, 5.74) is 0.0863. The number of ether oxygens (including phenoxy) is 1. The number of aliphatic hydroxyl groups is 3. The van der Waals surface area contributed by atoms with E-state index >= 15 is 0 Å². The molecule has 1 aromatic carbocycles. The number of carbonyl (C=O) groups is 2. The second kappa shape index (κ2) is 11.5. The molecule has 8 nitrogen and oxygen atoms in total. The van der Waals surface area contributed by atoms with Crippen LogP contribution in [-0.2, 0) is 16.0 Å². The normalized spacial score (nSPS) is 18.2. The van der Waals surface area contributed by atoms with Crippen LogP contribution in [0.15, 0.2) is 30.3 Å². The van der Waals surface area contributed by atoms with Crippen molar-refractivity contribution < 1.29 is 29.6 Å². The van der Waals surface area contributed by atoms with E-state index in [2.05, 4.69) is 10.6 Å². The van der Waals surface area contributed by atoms with E-state index in [-0.39, 0.29) is 12.3 Å². The average molecular weight is 437 g/mol. The first-order valence-electron chi connectivity index (χ1n) is 10.9. The molecule has 0 spiro atoms. The number of nitrogens with one attached hydrogen (secondary N) is 2. The summed E-state index contributed by atoms with van der Waals surface area (Å²) in [6, 6.07) is 7.33. The van der Waals surface area contributed by atoms with Gasteiger partial charge in [0.25, 0.3) is 5.91 Å². The lowest BCUT2D eigenvalue weighted by Gasteiger charge is -2.33. The van der Waals surface area contributed by atoms with Crippen LogP contribution in [0.3, 0.4) is 0 Å². The maximum Gasteiger partial charge on any atom is 0.407 e. The molecular weight excluding hydrogens is 400 g/mol. The van der Waals surface area contributed by atoms with Crippen molar-refractivity contribution in [3.05, 3.63) is 35.9 Å². The van der Waals surface area contributed by atoms with Gasteiger partial charge in [0, 0.05) is 0 Å². The third kappa shape index (κ3) is 8.47. The van der Waals surface area contributed by atoms with Crippen LogP contribution in [0.25, 0.3) is 0 Å². The smallest absolute Gasteiger partial charge is 0.407 e. The Kier molecular flexibility index (Phi) is 9.28. The Labute approximate surface area is 184 Å². The summed E-state index contributed by atoms with van der Waals surface area (Å²) in [7, 11) is 0. The van der Waals surface area contributed by atoms with E-state index in [1.807, 2.05) is 30.3 Å². The molecule has 0 heterocycles. The minimum absolute atomic E-state index is 0.0729. The van der Waals surface area contributed by atoms with E-state index < -0.39 is 42.1 Å². The number of hydrogen-bond donors (Lipinski definition) is 5. The largest absolute Gasteiger partial charge is 0.444 e. The number of rotatable bonds is 8. The molecule has 0 radical (unpaired) electrons. The molecule has 1 aliphatic carbocycles. The maximum absolute atomic E-state index is 12.8. The molecule has 3 atom stereocenters. The van der Waals surface area contributed by atoms with E-state index in [0.717, 1.165) is 37.7 Å². The molecule has 31 heavy (non-hydrogen) atoms. The standard InChI is InChI=1S/C23H36N2O6/c1-23(2,3)31-22(30)24-17(14-15-10-6-4-7-11-15)19(26)20(27)25-18(21(28)29)16-12-8-5-9-13-16/h4,6-7,10-11,16-19,21,26,28-29H,5,8-9,12-14H2,1-3H3,(H,24,30)(H,25,27)/t17-,18+,19+/m1/s1. The molecule has 1 fully saturated rings. The third-order valence-corrected chi connectivity index (χ3v) is 5.44. The van der Waals surface area contributed by atoms with E-state index in [1.165, 1.54) is 0 Å². The molecule has 0 aliphatic heterocycles. The molecule has 2 amide bonds. The lowest BCUT2D eigenvalue weighted by molar-refractivity contribution is -0.138. The van der Waals surface area contributed by atoms with Gasteiger partial charge in [-0.15, -0.1) is 0 Å². The van der Waals surface area contributed by atoms with E-state index in [4.69, 9.17) is 4.74 Å². The number of hydrogen-bond acceptors (Lipinski definition) is 6. The van der Waals surface area contributed by atoms with Crippen LogP contribution in [0.2, 0.25) is 0 Å². The van der Waals surface area contributed by atoms with Crippen LogP contribution in [0, 0.1) is 5.92 Å². The predicted molar refractivity (Wildman–Crippen MR) is 116 cm³/mol. The molecule has 8 heteroatoms. The minimum Gasteiger partial charge on any atom is -0.444 e. The van der Waals surface area contributed by atoms with Crippen LogP contribution in [0.5, 0.6) is 0 Å². The van der Waals surface area contributed by atoms with Crippen LogP contribution in [0.1, 0.15) is 58.4 Å². The molecular formula is C23H36N2O6. The number of alkyl carbamates (subject to hydrolysis) is 1. The van der Waals surface area contributed by atoms with Crippen LogP contribution < -0.4 is 10.6 Å². The number of carbonyl (C=O) groups excluding carboxylic acids is 2. The predicted octanol–water partition coefficient (Wildman–Crippen LogP) is 1.86. The molecule has 0 unspecified atom stereocenters. The second-order valence-electron chi connectivity index (χ2n) is 9.23. The first kappa shape index (κ1) is 25.1. The molecule has 1 aliphatic rings. The SMILES string of the molecule is CC(C)(C)OC(=O)N[C@H](Cc1ccccc1)[C@H](O)C(=O)N[C@H](C(O)O)C1CCCCC1. The number of aliphatic hydroxyl groups excluding tert-OH is 2. The highest BCUT2D eigenvalue weighted by Crippen LogP contribution is 2.27. The fourth-order valence-corrected chi connectivity index (χ4v) is 3.93. The van der Waals surface area contributed by atoms with Crippen molar-refractivity contribution in [2.45, 2.75) is 89.4 Å². The quantitative estimate of drug-likeness (QED) is 0.396. The molecule has 2 rings (SSSR count). The van der Waals surface area contributed by atoms with E-state index in [1.54, 1.807) is 20.8 Å². The van der Waals surface area contributed by atoms with Gasteiger partial charge in [0.2, 0.25) is 0 Å². The topological polar surface area (TPSA) is 128 Å². The van der Waals surface area contributed by atoms with Gasteiger partial charge >= 0.3 is 6.09 Å². The number of amides is 2. The van der Waals surface area contributed by atoms with Crippen LogP contribution >= 0.6 is 0 Å². The third-order valence-electron chi connectivity index (χ3n) is 5.44. The first-order chi connectivity index (χ1) is 14.6. The van der Waals surface area contributed by atoms with Gasteiger partial charge in [-0.3, -0.25) is 4.79 Å². The van der Waals surface area contributed by atoms with Crippen molar-refractivity contribution >= 4 is 12.0 Å². The van der Waals surface area contributed by atoms with Crippen molar-refractivity contribution in [2.75, 3.05) is 0 Å². The second-order valence-corrected chi connectivity index (χ2v) is 9.23. The molecule has 0 aromatic heterocycles. The molecule has 0 bridgehead atoms. The zero-order valence-corrected chi connectivity index (χ0v) is 18.6.